The van der Waals surface area contributed by atoms with E-state index >= 15 is 0 Å². The molecule has 0 bridgehead atoms. The normalized spacial score (nSPS) is 12.7. The molecule has 7 rings (SSSR count). The second-order valence-corrected chi connectivity index (χ2v) is 18.6. The second-order valence-electron chi connectivity index (χ2n) is 11.8. The van der Waals surface area contributed by atoms with E-state index in [1.54, 1.807) is 36.4 Å². The van der Waals surface area contributed by atoms with Gasteiger partial charge in [-0.3, -0.25) is 9.59 Å². The molecule has 6 aromatic rings. The molecule has 0 aromatic heterocycles. The van der Waals surface area contributed by atoms with Crippen molar-refractivity contribution in [1.29, 1.82) is 0 Å². The Kier molecular flexibility index (Phi) is 7.60. The Morgan fingerprint density at radius 3 is 0.935 bits per heavy atom. The Balaban J connectivity index is 1.33. The highest BCUT2D eigenvalue weighted by Crippen LogP contribution is 2.38. The molecule has 0 amide bonds. The van der Waals surface area contributed by atoms with Crippen molar-refractivity contribution in [3.63, 3.8) is 0 Å². The van der Waals surface area contributed by atoms with Gasteiger partial charge in [-0.05, 0) is 46.0 Å². The molecule has 0 aliphatic heterocycles. The summed E-state index contributed by atoms with van der Waals surface area (Å²) >= 11 is 0. The number of benzene rings is 6. The highest BCUT2D eigenvalue weighted by Gasteiger charge is 2.42. The summed E-state index contributed by atoms with van der Waals surface area (Å²) < 4.78 is 13.9. The molecule has 1 aliphatic rings. The Labute approximate surface area is 271 Å². The molecule has 0 atom stereocenters. The minimum absolute atomic E-state index is 0.245. The van der Waals surface area contributed by atoms with Crippen LogP contribution in [0.4, 0.5) is 0 Å². The van der Waals surface area contributed by atoms with E-state index in [2.05, 4.69) is 61.6 Å². The first-order chi connectivity index (χ1) is 22.4. The number of hydrogen-bond donors (Lipinski definition) is 0. The number of ketones is 2. The van der Waals surface area contributed by atoms with Gasteiger partial charge in [0, 0.05) is 11.1 Å². The Morgan fingerprint density at radius 2 is 0.652 bits per heavy atom. The fourth-order valence-corrected chi connectivity index (χ4v) is 12.1. The molecular formula is C40H32O4Si2. The van der Waals surface area contributed by atoms with Crippen LogP contribution in [0.3, 0.4) is 0 Å². The van der Waals surface area contributed by atoms with Crippen molar-refractivity contribution in [3.8, 4) is 11.5 Å². The standard InChI is InChI=1S/C40H32O4Si2/c1-45(29-17-7-3-8-18-29,30-19-9-4-10-20-30)43-35-27-15-25-33-37(35)39(41)34-26-16-28-36(38(34)40(33)42)44-46(2,31-21-11-5-12-22-31)32-23-13-6-14-24-32/h3-28H,1-2H3. The van der Waals surface area contributed by atoms with Gasteiger partial charge in [0.2, 0.25) is 0 Å². The zero-order valence-corrected chi connectivity index (χ0v) is 27.6. The smallest absolute Gasteiger partial charge is 0.311 e. The number of fused-ring (bicyclic) bond motifs is 2. The average Bonchev–Trinajstić information content (AvgIpc) is 3.12. The maximum absolute atomic E-state index is 14.4. The van der Waals surface area contributed by atoms with E-state index in [-0.39, 0.29) is 11.6 Å². The fraction of sp³-hybridized carbons (Fsp3) is 0.0500. The molecule has 0 heterocycles. The van der Waals surface area contributed by atoms with Crippen LogP contribution in [0.2, 0.25) is 13.1 Å². The number of rotatable bonds is 8. The van der Waals surface area contributed by atoms with E-state index in [0.717, 1.165) is 20.7 Å². The summed E-state index contributed by atoms with van der Waals surface area (Å²) in [6.07, 6.45) is 0. The van der Waals surface area contributed by atoms with Crippen molar-refractivity contribution in [2.24, 2.45) is 0 Å². The highest BCUT2D eigenvalue weighted by atomic mass is 28.4. The van der Waals surface area contributed by atoms with Crippen molar-refractivity contribution in [2.75, 3.05) is 0 Å². The van der Waals surface area contributed by atoms with E-state index < -0.39 is 16.6 Å². The molecule has 0 radical (unpaired) electrons. The lowest BCUT2D eigenvalue weighted by Gasteiger charge is -2.33. The molecule has 6 aromatic carbocycles. The van der Waals surface area contributed by atoms with Crippen molar-refractivity contribution in [1.82, 2.24) is 0 Å². The third kappa shape index (κ3) is 5.02. The summed E-state index contributed by atoms with van der Waals surface area (Å²) in [5, 5.41) is 4.26. The van der Waals surface area contributed by atoms with Gasteiger partial charge < -0.3 is 8.85 Å². The van der Waals surface area contributed by atoms with Gasteiger partial charge in [-0.15, -0.1) is 0 Å². The molecule has 4 nitrogen and oxygen atoms in total. The second kappa shape index (κ2) is 11.9. The zero-order chi connectivity index (χ0) is 31.7. The molecule has 0 unspecified atom stereocenters. The average molecular weight is 633 g/mol. The van der Waals surface area contributed by atoms with Gasteiger partial charge in [0.05, 0.1) is 11.1 Å². The van der Waals surface area contributed by atoms with Crippen LogP contribution in [-0.4, -0.2) is 28.2 Å². The van der Waals surface area contributed by atoms with E-state index in [0.29, 0.717) is 33.8 Å². The van der Waals surface area contributed by atoms with Crippen LogP contribution in [0.5, 0.6) is 11.5 Å². The minimum atomic E-state index is -2.85. The first kappa shape index (κ1) is 29.4. The van der Waals surface area contributed by atoms with E-state index in [1.807, 2.05) is 72.8 Å². The molecule has 0 N–H and O–H groups in total. The minimum Gasteiger partial charge on any atom is -0.534 e. The Morgan fingerprint density at radius 1 is 0.370 bits per heavy atom. The van der Waals surface area contributed by atoms with E-state index in [1.165, 1.54) is 0 Å². The zero-order valence-electron chi connectivity index (χ0n) is 25.6. The first-order valence-electron chi connectivity index (χ1n) is 15.4. The predicted molar refractivity (Wildman–Crippen MR) is 189 cm³/mol. The van der Waals surface area contributed by atoms with Gasteiger partial charge in [-0.25, -0.2) is 0 Å². The highest BCUT2D eigenvalue weighted by molar-refractivity contribution is 6.97. The van der Waals surface area contributed by atoms with Gasteiger partial charge >= 0.3 is 16.6 Å². The summed E-state index contributed by atoms with van der Waals surface area (Å²) in [6, 6.07) is 51.2. The first-order valence-corrected chi connectivity index (χ1v) is 20.2. The van der Waals surface area contributed by atoms with Crippen molar-refractivity contribution in [3.05, 3.63) is 180 Å². The van der Waals surface area contributed by atoms with Crippen LogP contribution in [0.25, 0.3) is 0 Å². The summed E-state index contributed by atoms with van der Waals surface area (Å²) in [6.45, 7) is 4.26. The van der Waals surface area contributed by atoms with Crippen LogP contribution >= 0.6 is 0 Å². The summed E-state index contributed by atoms with van der Waals surface area (Å²) in [5.74, 6) is 0.349. The van der Waals surface area contributed by atoms with Crippen molar-refractivity contribution >= 4 is 48.9 Å². The van der Waals surface area contributed by atoms with Crippen LogP contribution < -0.4 is 29.6 Å². The van der Waals surface area contributed by atoms with Crippen LogP contribution in [0, 0.1) is 0 Å². The lowest BCUT2D eigenvalue weighted by Crippen LogP contribution is -2.61. The summed E-state index contributed by atoms with van der Waals surface area (Å²) in [4.78, 5) is 28.9. The largest absolute Gasteiger partial charge is 0.534 e. The van der Waals surface area contributed by atoms with Gasteiger partial charge in [0.15, 0.2) is 11.6 Å². The predicted octanol–water partition coefficient (Wildman–Crippen LogP) is 6.00. The van der Waals surface area contributed by atoms with Gasteiger partial charge in [-0.2, -0.15) is 0 Å². The van der Waals surface area contributed by atoms with E-state index in [4.69, 9.17) is 8.85 Å². The monoisotopic (exact) mass is 632 g/mol. The van der Waals surface area contributed by atoms with Crippen LogP contribution in [-0.2, 0) is 0 Å². The summed E-state index contributed by atoms with van der Waals surface area (Å²) in [5.41, 5.74) is 1.25. The third-order valence-corrected chi connectivity index (χ3v) is 15.9. The van der Waals surface area contributed by atoms with Gasteiger partial charge in [0.25, 0.3) is 0 Å². The maximum Gasteiger partial charge on any atom is 0.311 e. The molecule has 6 heteroatoms. The summed E-state index contributed by atoms with van der Waals surface area (Å²) in [7, 11) is -5.69. The molecule has 0 fully saturated rings. The lowest BCUT2D eigenvalue weighted by molar-refractivity contribution is 0.0976. The number of carbonyl (C=O) groups excluding carboxylic acids is 2. The van der Waals surface area contributed by atoms with Crippen LogP contribution in [0.1, 0.15) is 31.8 Å². The van der Waals surface area contributed by atoms with Gasteiger partial charge in [-0.1, -0.05) is 146 Å². The molecular weight excluding hydrogens is 601 g/mol. The Hall–Kier alpha value is -5.31. The molecule has 1 aliphatic carbocycles. The fourth-order valence-electron chi connectivity index (χ4n) is 6.38. The maximum atomic E-state index is 14.4. The number of carbonyl (C=O) groups is 2. The molecule has 0 saturated carbocycles. The number of hydrogen-bond acceptors (Lipinski definition) is 4. The molecule has 0 spiro atoms. The molecule has 224 valence electrons. The third-order valence-electron chi connectivity index (χ3n) is 8.92. The topological polar surface area (TPSA) is 52.6 Å². The van der Waals surface area contributed by atoms with E-state index in [9.17, 15) is 9.59 Å². The van der Waals surface area contributed by atoms with Crippen molar-refractivity contribution < 1.29 is 18.4 Å². The molecule has 0 saturated heterocycles. The Bertz CT molecular complexity index is 1820. The quantitative estimate of drug-likeness (QED) is 0.193. The van der Waals surface area contributed by atoms with Crippen LogP contribution in [0.15, 0.2) is 158 Å². The lowest BCUT2D eigenvalue weighted by atomic mass is 9.83. The van der Waals surface area contributed by atoms with Gasteiger partial charge in [0.1, 0.15) is 11.5 Å². The SMILES string of the molecule is C[Si](Oc1cccc2c1C(=O)c1cccc(O[Si](C)(c3ccccc3)c3ccccc3)c1C2=O)(c1ccccc1)c1ccccc1. The molecule has 46 heavy (non-hydrogen) atoms. The van der Waals surface area contributed by atoms with Crippen molar-refractivity contribution in [2.45, 2.75) is 13.1 Å².